The summed E-state index contributed by atoms with van der Waals surface area (Å²) in [6.45, 7) is 4.10. The fourth-order valence-electron chi connectivity index (χ4n) is 2.93. The van der Waals surface area contributed by atoms with Crippen molar-refractivity contribution < 1.29 is 18.7 Å². The van der Waals surface area contributed by atoms with Crippen LogP contribution in [0, 0.1) is 25.6 Å². The summed E-state index contributed by atoms with van der Waals surface area (Å²) in [5, 5.41) is 0. The molecule has 1 saturated heterocycles. The second kappa shape index (κ2) is 6.43. The van der Waals surface area contributed by atoms with Gasteiger partial charge < -0.3 is 9.64 Å². The fourth-order valence-corrected chi connectivity index (χ4v) is 2.93. The predicted octanol–water partition coefficient (Wildman–Crippen LogP) is 3.40. The van der Waals surface area contributed by atoms with Gasteiger partial charge in [0.05, 0.1) is 5.92 Å². The average molecular weight is 327 g/mol. The van der Waals surface area contributed by atoms with Crippen LogP contribution < -0.4 is 9.64 Å². The quantitative estimate of drug-likeness (QED) is 0.641. The molecule has 0 aromatic heterocycles. The zero-order valence-corrected chi connectivity index (χ0v) is 13.6. The SMILES string of the molecule is Cc1cc(C)cc(OC(=O)[C@H]2CC(=O)N(c3ccc(F)cc3)C2)c1. The molecule has 1 aliphatic rings. The molecule has 4 nitrogen and oxygen atoms in total. The molecule has 5 heteroatoms. The van der Waals surface area contributed by atoms with Gasteiger partial charge >= 0.3 is 5.97 Å². The molecule has 124 valence electrons. The minimum absolute atomic E-state index is 0.0982. The highest BCUT2D eigenvalue weighted by molar-refractivity contribution is 5.99. The van der Waals surface area contributed by atoms with E-state index in [4.69, 9.17) is 4.74 Å². The molecule has 0 saturated carbocycles. The summed E-state index contributed by atoms with van der Waals surface area (Å²) >= 11 is 0. The molecular formula is C19H18FNO3. The van der Waals surface area contributed by atoms with Gasteiger partial charge in [-0.25, -0.2) is 4.39 Å². The lowest BCUT2D eigenvalue weighted by atomic mass is 10.1. The molecule has 0 spiro atoms. The van der Waals surface area contributed by atoms with Crippen LogP contribution in [0.4, 0.5) is 10.1 Å². The van der Waals surface area contributed by atoms with Gasteiger partial charge in [-0.3, -0.25) is 9.59 Å². The van der Waals surface area contributed by atoms with Crippen molar-refractivity contribution in [2.24, 2.45) is 5.92 Å². The van der Waals surface area contributed by atoms with Crippen LogP contribution >= 0.6 is 0 Å². The number of amides is 1. The lowest BCUT2D eigenvalue weighted by Crippen LogP contribution is -2.27. The van der Waals surface area contributed by atoms with Crippen LogP contribution in [0.1, 0.15) is 17.5 Å². The van der Waals surface area contributed by atoms with E-state index in [0.29, 0.717) is 11.4 Å². The Labute approximate surface area is 139 Å². The smallest absolute Gasteiger partial charge is 0.316 e. The topological polar surface area (TPSA) is 46.6 Å². The number of nitrogens with zero attached hydrogens (tertiary/aromatic N) is 1. The number of ether oxygens (including phenoxy) is 1. The third kappa shape index (κ3) is 3.45. The maximum absolute atomic E-state index is 13.0. The van der Waals surface area contributed by atoms with E-state index >= 15 is 0 Å². The van der Waals surface area contributed by atoms with Crippen LogP contribution in [0.3, 0.4) is 0 Å². The lowest BCUT2D eigenvalue weighted by molar-refractivity contribution is -0.139. The normalized spacial score (nSPS) is 17.2. The van der Waals surface area contributed by atoms with E-state index in [0.717, 1.165) is 11.1 Å². The maximum Gasteiger partial charge on any atom is 0.316 e. The van der Waals surface area contributed by atoms with E-state index < -0.39 is 11.9 Å². The molecule has 0 aliphatic carbocycles. The van der Waals surface area contributed by atoms with Crippen molar-refractivity contribution >= 4 is 17.6 Å². The van der Waals surface area contributed by atoms with Crippen molar-refractivity contribution in [3.63, 3.8) is 0 Å². The highest BCUT2D eigenvalue weighted by atomic mass is 19.1. The van der Waals surface area contributed by atoms with Gasteiger partial charge in [-0.1, -0.05) is 6.07 Å². The fraction of sp³-hybridized carbons (Fsp3) is 0.263. The monoisotopic (exact) mass is 327 g/mol. The molecule has 1 atom stereocenters. The predicted molar refractivity (Wildman–Crippen MR) is 88.4 cm³/mol. The van der Waals surface area contributed by atoms with E-state index in [-0.39, 0.29) is 24.7 Å². The Morgan fingerprint density at radius 2 is 1.75 bits per heavy atom. The first-order chi connectivity index (χ1) is 11.4. The van der Waals surface area contributed by atoms with E-state index in [2.05, 4.69) is 0 Å². The summed E-state index contributed by atoms with van der Waals surface area (Å²) < 4.78 is 18.4. The number of hydrogen-bond donors (Lipinski definition) is 0. The van der Waals surface area contributed by atoms with E-state index in [9.17, 15) is 14.0 Å². The van der Waals surface area contributed by atoms with Crippen molar-refractivity contribution in [3.8, 4) is 5.75 Å². The van der Waals surface area contributed by atoms with Crippen LogP contribution in [0.5, 0.6) is 5.75 Å². The van der Waals surface area contributed by atoms with Gasteiger partial charge in [0.15, 0.2) is 0 Å². The van der Waals surface area contributed by atoms with Crippen LogP contribution in [0.15, 0.2) is 42.5 Å². The summed E-state index contributed by atoms with van der Waals surface area (Å²) in [6.07, 6.45) is 0.0982. The van der Waals surface area contributed by atoms with Gasteiger partial charge in [0.2, 0.25) is 5.91 Å². The van der Waals surface area contributed by atoms with Crippen molar-refractivity contribution in [2.45, 2.75) is 20.3 Å². The second-order valence-corrected chi connectivity index (χ2v) is 6.13. The van der Waals surface area contributed by atoms with Crippen LogP contribution in [0.2, 0.25) is 0 Å². The molecule has 0 N–H and O–H groups in total. The summed E-state index contributed by atoms with van der Waals surface area (Å²) in [4.78, 5) is 26.0. The van der Waals surface area contributed by atoms with Crippen molar-refractivity contribution in [1.82, 2.24) is 0 Å². The summed E-state index contributed by atoms with van der Waals surface area (Å²) in [5.41, 5.74) is 2.60. The number of anilines is 1. The molecule has 1 fully saturated rings. The number of rotatable bonds is 3. The van der Waals surface area contributed by atoms with Gasteiger partial charge in [-0.05, 0) is 61.4 Å². The molecule has 2 aromatic carbocycles. The Balaban J connectivity index is 1.70. The van der Waals surface area contributed by atoms with E-state index in [1.165, 1.54) is 29.2 Å². The Hall–Kier alpha value is -2.69. The van der Waals surface area contributed by atoms with Gasteiger partial charge in [-0.15, -0.1) is 0 Å². The third-order valence-electron chi connectivity index (χ3n) is 4.01. The Morgan fingerprint density at radius 1 is 1.12 bits per heavy atom. The number of aryl methyl sites for hydroxylation is 2. The summed E-state index contributed by atoms with van der Waals surface area (Å²) in [5.74, 6) is -0.980. The summed E-state index contributed by atoms with van der Waals surface area (Å²) in [6, 6.07) is 11.2. The Bertz CT molecular complexity index is 765. The zero-order valence-electron chi connectivity index (χ0n) is 13.6. The minimum atomic E-state index is -0.525. The van der Waals surface area contributed by atoms with Crippen molar-refractivity contribution in [3.05, 3.63) is 59.4 Å². The number of hydrogen-bond acceptors (Lipinski definition) is 3. The standard InChI is InChI=1S/C19H18FNO3/c1-12-7-13(2)9-17(8-12)24-19(23)14-10-18(22)21(11-14)16-5-3-15(20)4-6-16/h3-9,14H,10-11H2,1-2H3/t14-/m0/s1. The lowest BCUT2D eigenvalue weighted by Gasteiger charge is -2.16. The third-order valence-corrected chi connectivity index (χ3v) is 4.01. The molecule has 0 bridgehead atoms. The molecule has 0 radical (unpaired) electrons. The molecule has 1 aliphatic heterocycles. The van der Waals surface area contributed by atoms with Crippen LogP contribution in [-0.4, -0.2) is 18.4 Å². The number of carbonyl (C=O) groups excluding carboxylic acids is 2. The molecular weight excluding hydrogens is 309 g/mol. The van der Waals surface area contributed by atoms with Gasteiger partial charge in [0.1, 0.15) is 11.6 Å². The van der Waals surface area contributed by atoms with Crippen molar-refractivity contribution in [1.29, 1.82) is 0 Å². The number of carbonyl (C=O) groups is 2. The van der Waals surface area contributed by atoms with Crippen LogP contribution in [-0.2, 0) is 9.59 Å². The molecule has 1 amide bonds. The Kier molecular flexibility index (Phi) is 4.34. The van der Waals surface area contributed by atoms with E-state index in [1.54, 1.807) is 12.1 Å². The maximum atomic E-state index is 13.0. The molecule has 3 rings (SSSR count). The van der Waals surface area contributed by atoms with Crippen LogP contribution in [0.25, 0.3) is 0 Å². The van der Waals surface area contributed by atoms with Gasteiger partial charge in [-0.2, -0.15) is 0 Å². The molecule has 24 heavy (non-hydrogen) atoms. The number of halogens is 1. The summed E-state index contributed by atoms with van der Waals surface area (Å²) in [7, 11) is 0. The molecule has 1 heterocycles. The molecule has 2 aromatic rings. The first-order valence-electron chi connectivity index (χ1n) is 7.78. The minimum Gasteiger partial charge on any atom is -0.426 e. The van der Waals surface area contributed by atoms with E-state index in [1.807, 2.05) is 19.9 Å². The van der Waals surface area contributed by atoms with Gasteiger partial charge in [0, 0.05) is 18.7 Å². The number of benzene rings is 2. The highest BCUT2D eigenvalue weighted by Gasteiger charge is 2.36. The van der Waals surface area contributed by atoms with Gasteiger partial charge in [0.25, 0.3) is 0 Å². The second-order valence-electron chi connectivity index (χ2n) is 6.13. The first-order valence-corrected chi connectivity index (χ1v) is 7.78. The van der Waals surface area contributed by atoms with Crippen molar-refractivity contribution in [2.75, 3.05) is 11.4 Å². The average Bonchev–Trinajstić information content (AvgIpc) is 2.89. The number of esters is 1. The Morgan fingerprint density at radius 3 is 2.38 bits per heavy atom. The highest BCUT2D eigenvalue weighted by Crippen LogP contribution is 2.27. The largest absolute Gasteiger partial charge is 0.426 e. The first kappa shape index (κ1) is 16.2. The molecule has 0 unspecified atom stereocenters. The zero-order chi connectivity index (χ0) is 17.3.